The van der Waals surface area contributed by atoms with Crippen molar-refractivity contribution in [2.24, 2.45) is 0 Å². The normalized spacial score (nSPS) is 11.3. The molecule has 0 unspecified atom stereocenters. The number of ether oxygens (including phenoxy) is 4. The highest BCUT2D eigenvalue weighted by Gasteiger charge is 2.28. The maximum Gasteiger partial charge on any atom is 0.289 e. The number of rotatable bonds is 7. The van der Waals surface area contributed by atoms with Gasteiger partial charge in [0.1, 0.15) is 10.2 Å². The van der Waals surface area contributed by atoms with Crippen LogP contribution < -0.4 is 0 Å². The van der Waals surface area contributed by atoms with Gasteiger partial charge in [-0.15, -0.1) is 0 Å². The fraction of sp³-hybridized carbons (Fsp3) is 0.800. The summed E-state index contributed by atoms with van der Waals surface area (Å²) in [5.74, 6) is 0.465. The van der Waals surface area contributed by atoms with Crippen molar-refractivity contribution in [3.63, 3.8) is 0 Å². The van der Waals surface area contributed by atoms with E-state index in [4.69, 9.17) is 18.9 Å². The molecule has 0 fully saturated rings. The second kappa shape index (κ2) is 6.87. The Morgan fingerprint density at radius 3 is 1.87 bits per heavy atom. The standard InChI is InChI=1S/C10H22O4Si/c1-6-12-10(15,13-7-2)14-9(11-5)8(3)4/h6-7H2,1-5,15H3. The summed E-state index contributed by atoms with van der Waals surface area (Å²) in [6.45, 7) is 8.73. The summed E-state index contributed by atoms with van der Waals surface area (Å²) in [5, 5.41) is 0. The third-order valence-corrected chi connectivity index (χ3v) is 2.47. The molecule has 5 heteroatoms. The lowest BCUT2D eigenvalue weighted by atomic mass is 10.4. The fourth-order valence-corrected chi connectivity index (χ4v) is 1.90. The van der Waals surface area contributed by atoms with Crippen molar-refractivity contribution in [3.8, 4) is 0 Å². The van der Waals surface area contributed by atoms with Gasteiger partial charge in [-0.1, -0.05) is 0 Å². The second-order valence-electron chi connectivity index (χ2n) is 3.32. The molecule has 0 aromatic rings. The summed E-state index contributed by atoms with van der Waals surface area (Å²) in [4.78, 5) is 0. The van der Waals surface area contributed by atoms with Crippen LogP contribution in [0.15, 0.2) is 11.5 Å². The van der Waals surface area contributed by atoms with Gasteiger partial charge in [-0.2, -0.15) is 0 Å². The molecule has 0 heterocycles. The summed E-state index contributed by atoms with van der Waals surface area (Å²) >= 11 is 0. The zero-order valence-electron chi connectivity index (χ0n) is 10.5. The molecule has 0 spiro atoms. The van der Waals surface area contributed by atoms with E-state index in [2.05, 4.69) is 0 Å². The van der Waals surface area contributed by atoms with Gasteiger partial charge >= 0.3 is 0 Å². The molecule has 0 saturated heterocycles. The van der Waals surface area contributed by atoms with Crippen molar-refractivity contribution in [1.82, 2.24) is 0 Å². The van der Waals surface area contributed by atoms with Crippen LogP contribution in [0.5, 0.6) is 0 Å². The van der Waals surface area contributed by atoms with Crippen LogP contribution in [0.2, 0.25) is 0 Å². The van der Waals surface area contributed by atoms with E-state index in [9.17, 15) is 0 Å². The SMILES string of the molecule is CCOC([SiH3])(OCC)OC(OC)=C(C)C. The number of hydrogen-bond acceptors (Lipinski definition) is 4. The van der Waals surface area contributed by atoms with Gasteiger partial charge in [-0.25, -0.2) is 0 Å². The van der Waals surface area contributed by atoms with E-state index < -0.39 is 5.60 Å². The smallest absolute Gasteiger partial charge is 0.289 e. The van der Waals surface area contributed by atoms with Crippen molar-refractivity contribution in [2.75, 3.05) is 20.3 Å². The Balaban J connectivity index is 4.58. The Kier molecular flexibility index (Phi) is 6.63. The zero-order valence-corrected chi connectivity index (χ0v) is 12.5. The minimum atomic E-state index is -0.938. The third-order valence-electron chi connectivity index (χ3n) is 1.68. The van der Waals surface area contributed by atoms with E-state index >= 15 is 0 Å². The summed E-state index contributed by atoms with van der Waals surface area (Å²) in [6, 6.07) is 0. The molecule has 0 atom stereocenters. The first kappa shape index (κ1) is 14.5. The van der Waals surface area contributed by atoms with E-state index in [0.29, 0.717) is 29.4 Å². The van der Waals surface area contributed by atoms with Gasteiger partial charge in [0.05, 0.1) is 20.3 Å². The molecule has 0 amide bonds. The largest absolute Gasteiger partial charge is 0.469 e. The fourth-order valence-electron chi connectivity index (χ4n) is 1.14. The monoisotopic (exact) mass is 234 g/mol. The van der Waals surface area contributed by atoms with Crippen LogP contribution in [-0.2, 0) is 18.9 Å². The highest BCUT2D eigenvalue weighted by Crippen LogP contribution is 2.18. The lowest BCUT2D eigenvalue weighted by Crippen LogP contribution is -2.40. The summed E-state index contributed by atoms with van der Waals surface area (Å²) in [5.41, 5.74) is 0.0173. The van der Waals surface area contributed by atoms with Crippen molar-refractivity contribution in [3.05, 3.63) is 11.5 Å². The van der Waals surface area contributed by atoms with E-state index in [1.54, 1.807) is 7.11 Å². The first-order chi connectivity index (χ1) is 6.99. The molecule has 0 aliphatic rings. The Labute approximate surface area is 95.0 Å². The van der Waals surface area contributed by atoms with Gasteiger partial charge in [0.15, 0.2) is 0 Å². The molecule has 0 rings (SSSR count). The predicted octanol–water partition coefficient (Wildman–Crippen LogP) is 0.951. The average molecular weight is 234 g/mol. The van der Waals surface area contributed by atoms with E-state index in [1.807, 2.05) is 27.7 Å². The highest BCUT2D eigenvalue weighted by molar-refractivity contribution is 6.12. The summed E-state index contributed by atoms with van der Waals surface area (Å²) in [6.07, 6.45) is 0. The Morgan fingerprint density at radius 2 is 1.60 bits per heavy atom. The molecule has 0 aromatic carbocycles. The lowest BCUT2D eigenvalue weighted by Gasteiger charge is -2.30. The van der Waals surface area contributed by atoms with Crippen molar-refractivity contribution < 1.29 is 18.9 Å². The summed E-state index contributed by atoms with van der Waals surface area (Å²) < 4.78 is 21.6. The van der Waals surface area contributed by atoms with E-state index in [0.717, 1.165) is 5.57 Å². The van der Waals surface area contributed by atoms with Gasteiger partial charge in [-0.05, 0) is 27.7 Å². The van der Waals surface area contributed by atoms with Crippen LogP contribution in [0.4, 0.5) is 0 Å². The quantitative estimate of drug-likeness (QED) is 0.373. The maximum atomic E-state index is 5.60. The molecular weight excluding hydrogens is 212 g/mol. The number of methoxy groups -OCH3 is 1. The lowest BCUT2D eigenvalue weighted by molar-refractivity contribution is -0.319. The highest BCUT2D eigenvalue weighted by atomic mass is 28.1. The zero-order chi connectivity index (χ0) is 11.9. The molecule has 0 N–H and O–H groups in total. The van der Waals surface area contributed by atoms with Crippen molar-refractivity contribution in [2.45, 2.75) is 33.3 Å². The summed E-state index contributed by atoms with van der Waals surface area (Å²) in [7, 11) is 2.18. The molecule has 4 nitrogen and oxygen atoms in total. The van der Waals surface area contributed by atoms with Gasteiger partial charge in [0.25, 0.3) is 11.5 Å². The molecule has 0 saturated carbocycles. The van der Waals surface area contributed by atoms with Gasteiger partial charge < -0.3 is 18.9 Å². The molecular formula is C10H22O4Si. The van der Waals surface area contributed by atoms with E-state index in [-0.39, 0.29) is 0 Å². The first-order valence-corrected chi connectivity index (χ1v) is 6.17. The van der Waals surface area contributed by atoms with Crippen LogP contribution in [-0.4, -0.2) is 36.2 Å². The molecule has 0 aliphatic carbocycles. The molecule has 15 heavy (non-hydrogen) atoms. The van der Waals surface area contributed by atoms with Crippen molar-refractivity contribution in [1.29, 1.82) is 0 Å². The third kappa shape index (κ3) is 5.20. The van der Waals surface area contributed by atoms with Crippen LogP contribution in [0.25, 0.3) is 0 Å². The molecule has 90 valence electrons. The van der Waals surface area contributed by atoms with E-state index in [1.165, 1.54) is 0 Å². The molecule has 0 bridgehead atoms. The minimum Gasteiger partial charge on any atom is -0.469 e. The predicted molar refractivity (Wildman–Crippen MR) is 62.4 cm³/mol. The Hall–Kier alpha value is -0.523. The average Bonchev–Trinajstić information content (AvgIpc) is 2.14. The molecule has 0 aliphatic heterocycles. The second-order valence-corrected chi connectivity index (χ2v) is 4.55. The Bertz CT molecular complexity index is 205. The molecule has 0 radical (unpaired) electrons. The van der Waals surface area contributed by atoms with Crippen molar-refractivity contribution >= 4 is 10.2 Å². The van der Waals surface area contributed by atoms with Crippen LogP contribution >= 0.6 is 0 Å². The number of hydrogen-bond donors (Lipinski definition) is 0. The maximum absolute atomic E-state index is 5.60. The first-order valence-electron chi connectivity index (χ1n) is 5.17. The molecule has 0 aromatic heterocycles. The topological polar surface area (TPSA) is 36.9 Å². The van der Waals surface area contributed by atoms with Gasteiger partial charge in [-0.3, -0.25) is 0 Å². The van der Waals surface area contributed by atoms with Crippen LogP contribution in [0, 0.1) is 0 Å². The minimum absolute atomic E-state index is 0.465. The van der Waals surface area contributed by atoms with Crippen LogP contribution in [0.1, 0.15) is 27.7 Å². The number of allylic oxidation sites excluding steroid dienone is 1. The van der Waals surface area contributed by atoms with Gasteiger partial charge in [0, 0.05) is 5.57 Å². The van der Waals surface area contributed by atoms with Crippen LogP contribution in [0.3, 0.4) is 0 Å². The van der Waals surface area contributed by atoms with Gasteiger partial charge in [0.2, 0.25) is 0 Å². The Morgan fingerprint density at radius 1 is 1.13 bits per heavy atom.